The second-order valence-corrected chi connectivity index (χ2v) is 9.42. The summed E-state index contributed by atoms with van der Waals surface area (Å²) >= 11 is 16.6. The molecular formula is C15H24Cl3N3O5. The number of rotatable bonds is 4. The Morgan fingerprint density at radius 3 is 2.42 bits per heavy atom. The van der Waals surface area contributed by atoms with Crippen molar-refractivity contribution in [2.24, 2.45) is 0 Å². The molecule has 11 heteroatoms. The summed E-state index contributed by atoms with van der Waals surface area (Å²) in [6.45, 7) is 6.68. The van der Waals surface area contributed by atoms with Gasteiger partial charge in [-0.1, -0.05) is 34.8 Å². The average molecular weight is 433 g/mol. The number of alkyl carbamates (subject to hydrolysis) is 1. The molecule has 0 radical (unpaired) electrons. The first kappa shape index (κ1) is 23.1. The van der Waals surface area contributed by atoms with E-state index in [4.69, 9.17) is 44.3 Å². The predicted octanol–water partition coefficient (Wildman–Crippen LogP) is 2.31. The summed E-state index contributed by atoms with van der Waals surface area (Å²) in [5, 5.41) is 3.73. The Hall–Kier alpha value is -0.960. The van der Waals surface area contributed by atoms with Crippen molar-refractivity contribution in [2.45, 2.75) is 62.0 Å². The average Bonchev–Trinajstić information content (AvgIpc) is 2.49. The van der Waals surface area contributed by atoms with Gasteiger partial charge in [-0.05, 0) is 40.5 Å². The highest BCUT2D eigenvalue weighted by Gasteiger charge is 2.33. The Kier molecular flexibility index (Phi) is 8.26. The number of nitrogens with zero attached hydrogens (tertiary/aromatic N) is 1. The van der Waals surface area contributed by atoms with Crippen LogP contribution in [0.3, 0.4) is 0 Å². The highest BCUT2D eigenvalue weighted by atomic mass is 35.6. The molecule has 0 saturated carbocycles. The lowest BCUT2D eigenvalue weighted by atomic mass is 10.1. The molecule has 0 aliphatic carbocycles. The van der Waals surface area contributed by atoms with E-state index in [1.165, 1.54) is 11.9 Å². The number of alkyl halides is 3. The van der Waals surface area contributed by atoms with Gasteiger partial charge in [-0.25, -0.2) is 10.2 Å². The number of amides is 2. The minimum Gasteiger partial charge on any atom is -0.460 e. The SMILES string of the molecule is CC(NC(=O)OC(C)(C)C)C(=O)N1CCCC(C(=O)OCC(Cl)(Cl)Cl)N1. The van der Waals surface area contributed by atoms with Gasteiger partial charge < -0.3 is 14.8 Å². The van der Waals surface area contributed by atoms with Crippen LogP contribution in [-0.4, -0.2) is 57.6 Å². The van der Waals surface area contributed by atoms with Crippen molar-refractivity contribution >= 4 is 52.8 Å². The summed E-state index contributed by atoms with van der Waals surface area (Å²) in [6, 6.07) is -1.58. The lowest BCUT2D eigenvalue weighted by molar-refractivity contribution is -0.152. The third-order valence-corrected chi connectivity index (χ3v) is 3.55. The molecule has 0 aromatic rings. The summed E-state index contributed by atoms with van der Waals surface area (Å²) in [5.41, 5.74) is 2.11. The predicted molar refractivity (Wildman–Crippen MR) is 98.0 cm³/mol. The van der Waals surface area contributed by atoms with Crippen molar-refractivity contribution in [3.63, 3.8) is 0 Å². The van der Waals surface area contributed by atoms with Crippen LogP contribution in [0.5, 0.6) is 0 Å². The molecule has 0 aromatic carbocycles. The summed E-state index contributed by atoms with van der Waals surface area (Å²) in [5.74, 6) is -1.03. The first-order valence-electron chi connectivity index (χ1n) is 8.09. The number of halogens is 3. The van der Waals surface area contributed by atoms with Gasteiger partial charge in [0.15, 0.2) is 0 Å². The molecule has 0 aromatic heterocycles. The van der Waals surface area contributed by atoms with Crippen molar-refractivity contribution in [3.05, 3.63) is 0 Å². The van der Waals surface area contributed by atoms with Gasteiger partial charge in [-0.3, -0.25) is 14.6 Å². The Balaban J connectivity index is 2.56. The number of nitrogens with one attached hydrogen (secondary N) is 2. The van der Waals surface area contributed by atoms with Gasteiger partial charge >= 0.3 is 12.1 Å². The second kappa shape index (κ2) is 9.30. The smallest absolute Gasteiger partial charge is 0.408 e. The van der Waals surface area contributed by atoms with Gasteiger partial charge in [-0.15, -0.1) is 0 Å². The maximum atomic E-state index is 12.5. The second-order valence-electron chi connectivity index (χ2n) is 6.90. The van der Waals surface area contributed by atoms with Crippen LogP contribution in [0.4, 0.5) is 4.79 Å². The van der Waals surface area contributed by atoms with Crippen molar-refractivity contribution in [1.82, 2.24) is 15.8 Å². The van der Waals surface area contributed by atoms with Crippen LogP contribution in [0.15, 0.2) is 0 Å². The van der Waals surface area contributed by atoms with Crippen LogP contribution in [0, 0.1) is 0 Å². The third-order valence-electron chi connectivity index (χ3n) is 3.22. The lowest BCUT2D eigenvalue weighted by Gasteiger charge is -2.34. The third kappa shape index (κ3) is 8.62. The Morgan fingerprint density at radius 1 is 1.27 bits per heavy atom. The zero-order valence-electron chi connectivity index (χ0n) is 15.1. The Morgan fingerprint density at radius 2 is 1.88 bits per heavy atom. The van der Waals surface area contributed by atoms with Crippen molar-refractivity contribution in [2.75, 3.05) is 13.2 Å². The van der Waals surface area contributed by atoms with Gasteiger partial charge in [0.05, 0.1) is 0 Å². The van der Waals surface area contributed by atoms with Gasteiger partial charge in [0.1, 0.15) is 24.3 Å². The highest BCUT2D eigenvalue weighted by Crippen LogP contribution is 2.26. The maximum Gasteiger partial charge on any atom is 0.408 e. The number of carbonyl (C=O) groups excluding carboxylic acids is 3. The lowest BCUT2D eigenvalue weighted by Crippen LogP contribution is -2.59. The minimum atomic E-state index is -1.70. The molecule has 2 unspecified atom stereocenters. The highest BCUT2D eigenvalue weighted by molar-refractivity contribution is 6.67. The van der Waals surface area contributed by atoms with E-state index in [0.717, 1.165) is 0 Å². The van der Waals surface area contributed by atoms with Crippen LogP contribution in [0.1, 0.15) is 40.5 Å². The van der Waals surface area contributed by atoms with Crippen molar-refractivity contribution in [1.29, 1.82) is 0 Å². The molecule has 8 nitrogen and oxygen atoms in total. The number of hydrogen-bond acceptors (Lipinski definition) is 6. The number of hydrazine groups is 1. The molecule has 1 fully saturated rings. The molecule has 1 heterocycles. The van der Waals surface area contributed by atoms with E-state index in [9.17, 15) is 14.4 Å². The quantitative estimate of drug-likeness (QED) is 0.523. The van der Waals surface area contributed by atoms with Crippen LogP contribution < -0.4 is 10.7 Å². The molecule has 1 saturated heterocycles. The first-order valence-corrected chi connectivity index (χ1v) is 9.22. The molecule has 150 valence electrons. The molecule has 1 aliphatic rings. The van der Waals surface area contributed by atoms with Crippen molar-refractivity contribution in [3.8, 4) is 0 Å². The molecule has 1 aliphatic heterocycles. The van der Waals surface area contributed by atoms with E-state index in [-0.39, 0.29) is 6.61 Å². The van der Waals surface area contributed by atoms with Crippen LogP contribution >= 0.6 is 34.8 Å². The number of hydrogen-bond donors (Lipinski definition) is 2. The number of carbonyl (C=O) groups is 3. The molecule has 2 atom stereocenters. The van der Waals surface area contributed by atoms with Crippen LogP contribution in [-0.2, 0) is 19.1 Å². The maximum absolute atomic E-state index is 12.5. The molecule has 2 amide bonds. The number of ether oxygens (including phenoxy) is 2. The molecule has 0 spiro atoms. The molecule has 2 N–H and O–H groups in total. The zero-order valence-corrected chi connectivity index (χ0v) is 17.4. The van der Waals surface area contributed by atoms with Gasteiger partial charge in [0, 0.05) is 6.54 Å². The molecule has 1 rings (SSSR count). The Labute approximate surface area is 167 Å². The van der Waals surface area contributed by atoms with E-state index in [0.29, 0.717) is 19.4 Å². The van der Waals surface area contributed by atoms with E-state index in [1.54, 1.807) is 20.8 Å². The minimum absolute atomic E-state index is 0.382. The normalized spacial score (nSPS) is 19.5. The fourth-order valence-corrected chi connectivity index (χ4v) is 2.31. The van der Waals surface area contributed by atoms with Crippen molar-refractivity contribution < 1.29 is 23.9 Å². The Bertz CT molecular complexity index is 534. The summed E-state index contributed by atoms with van der Waals surface area (Å²) in [4.78, 5) is 36.3. The van der Waals surface area contributed by atoms with Gasteiger partial charge in [0.2, 0.25) is 3.79 Å². The fraction of sp³-hybridized carbons (Fsp3) is 0.800. The topological polar surface area (TPSA) is 97.0 Å². The van der Waals surface area contributed by atoms with Gasteiger partial charge in [-0.2, -0.15) is 0 Å². The molecule has 26 heavy (non-hydrogen) atoms. The number of esters is 1. The van der Waals surface area contributed by atoms with Gasteiger partial charge in [0.25, 0.3) is 5.91 Å². The molecular weight excluding hydrogens is 409 g/mol. The zero-order chi connectivity index (χ0) is 20.1. The largest absolute Gasteiger partial charge is 0.460 e. The van der Waals surface area contributed by atoms with Crippen LogP contribution in [0.2, 0.25) is 0 Å². The van der Waals surface area contributed by atoms with E-state index >= 15 is 0 Å². The van der Waals surface area contributed by atoms with Crippen LogP contribution in [0.25, 0.3) is 0 Å². The standard InChI is InChI=1S/C15H24Cl3N3O5/c1-9(19-13(24)26-14(2,3)4)11(22)21-7-5-6-10(20-21)12(23)25-8-15(16,17)18/h9-10,20H,5-8H2,1-4H3,(H,19,24). The van der Waals surface area contributed by atoms with E-state index in [2.05, 4.69) is 10.7 Å². The summed E-state index contributed by atoms with van der Waals surface area (Å²) < 4.78 is 8.34. The fourth-order valence-electron chi connectivity index (χ4n) is 2.15. The molecule has 0 bridgehead atoms. The van der Waals surface area contributed by atoms with E-state index < -0.39 is 39.4 Å². The van der Waals surface area contributed by atoms with E-state index in [1.807, 2.05) is 0 Å². The summed E-state index contributed by atoms with van der Waals surface area (Å²) in [7, 11) is 0. The first-order chi connectivity index (χ1) is 11.8. The summed E-state index contributed by atoms with van der Waals surface area (Å²) in [6.07, 6.45) is 0.343. The monoisotopic (exact) mass is 431 g/mol.